The molecule has 82 valence electrons. The van der Waals surface area contributed by atoms with Crippen molar-refractivity contribution < 1.29 is 4.74 Å². The van der Waals surface area contributed by atoms with Crippen molar-refractivity contribution >= 4 is 0 Å². The molecule has 2 rings (SSSR count). The Labute approximate surface area is 91.6 Å². The molecule has 2 heteroatoms. The molecule has 1 fully saturated rings. The molecule has 1 N–H and O–H groups in total. The maximum absolute atomic E-state index is 5.16. The number of hydrogen-bond donors (Lipinski definition) is 1. The van der Waals surface area contributed by atoms with Crippen molar-refractivity contribution in [3.63, 3.8) is 0 Å². The van der Waals surface area contributed by atoms with Crippen molar-refractivity contribution in [2.75, 3.05) is 20.7 Å². The maximum atomic E-state index is 5.16. The average Bonchev–Trinajstić information content (AvgIpc) is 2.25. The van der Waals surface area contributed by atoms with Crippen molar-refractivity contribution in [1.82, 2.24) is 5.32 Å². The summed E-state index contributed by atoms with van der Waals surface area (Å²) < 4.78 is 5.16. The van der Waals surface area contributed by atoms with Gasteiger partial charge in [-0.05, 0) is 56.0 Å². The molecule has 1 aromatic carbocycles. The molecule has 1 aliphatic carbocycles. The molecule has 1 aromatic rings. The van der Waals surface area contributed by atoms with Gasteiger partial charge < -0.3 is 10.1 Å². The van der Waals surface area contributed by atoms with Gasteiger partial charge in [0.25, 0.3) is 0 Å². The first-order valence-electron chi connectivity index (χ1n) is 5.63. The topological polar surface area (TPSA) is 21.3 Å². The lowest BCUT2D eigenvalue weighted by molar-refractivity contribution is 0.250. The van der Waals surface area contributed by atoms with Crippen LogP contribution in [0.25, 0.3) is 0 Å². The first-order chi connectivity index (χ1) is 7.35. The third-order valence-electron chi connectivity index (χ3n) is 3.43. The van der Waals surface area contributed by atoms with Crippen LogP contribution in [0.4, 0.5) is 0 Å². The SMILES string of the molecule is CNCC1CCC1c1ccc(OC)cc1. The molecular formula is C13H19NO. The summed E-state index contributed by atoms with van der Waals surface area (Å²) in [6.45, 7) is 1.14. The van der Waals surface area contributed by atoms with Gasteiger partial charge in [0.1, 0.15) is 5.75 Å². The molecule has 0 heterocycles. The summed E-state index contributed by atoms with van der Waals surface area (Å²) in [5.74, 6) is 2.52. The molecule has 0 radical (unpaired) electrons. The fourth-order valence-corrected chi connectivity index (χ4v) is 2.37. The third kappa shape index (κ3) is 2.15. The molecule has 0 aliphatic heterocycles. The number of hydrogen-bond acceptors (Lipinski definition) is 2. The third-order valence-corrected chi connectivity index (χ3v) is 3.43. The second kappa shape index (κ2) is 4.67. The predicted molar refractivity (Wildman–Crippen MR) is 62.4 cm³/mol. The lowest BCUT2D eigenvalue weighted by Crippen LogP contribution is -2.32. The lowest BCUT2D eigenvalue weighted by Gasteiger charge is -2.37. The molecule has 2 unspecified atom stereocenters. The van der Waals surface area contributed by atoms with Crippen LogP contribution in [0.15, 0.2) is 24.3 Å². The summed E-state index contributed by atoms with van der Waals surface area (Å²) in [5.41, 5.74) is 1.46. The normalized spacial score (nSPS) is 24.7. The van der Waals surface area contributed by atoms with Gasteiger partial charge in [0.05, 0.1) is 7.11 Å². The monoisotopic (exact) mass is 205 g/mol. The van der Waals surface area contributed by atoms with Gasteiger partial charge in [-0.15, -0.1) is 0 Å². The van der Waals surface area contributed by atoms with E-state index in [0.29, 0.717) is 0 Å². The number of nitrogens with one attached hydrogen (secondary N) is 1. The first kappa shape index (κ1) is 10.5. The van der Waals surface area contributed by atoms with Crippen LogP contribution in [-0.4, -0.2) is 20.7 Å². The van der Waals surface area contributed by atoms with Gasteiger partial charge in [-0.1, -0.05) is 12.1 Å². The van der Waals surface area contributed by atoms with E-state index < -0.39 is 0 Å². The zero-order valence-electron chi connectivity index (χ0n) is 9.49. The Kier molecular flexibility index (Phi) is 3.27. The van der Waals surface area contributed by atoms with Crippen LogP contribution in [0.2, 0.25) is 0 Å². The van der Waals surface area contributed by atoms with Crippen LogP contribution in [-0.2, 0) is 0 Å². The summed E-state index contributed by atoms with van der Waals surface area (Å²) in [6.07, 6.45) is 2.69. The summed E-state index contributed by atoms with van der Waals surface area (Å²) in [7, 11) is 3.74. The summed E-state index contributed by atoms with van der Waals surface area (Å²) in [4.78, 5) is 0. The van der Waals surface area contributed by atoms with E-state index in [4.69, 9.17) is 4.74 Å². The summed E-state index contributed by atoms with van der Waals surface area (Å²) in [5, 5.41) is 3.27. The van der Waals surface area contributed by atoms with Crippen LogP contribution < -0.4 is 10.1 Å². The van der Waals surface area contributed by atoms with E-state index in [2.05, 4.69) is 29.6 Å². The highest BCUT2D eigenvalue weighted by atomic mass is 16.5. The molecule has 0 aromatic heterocycles. The highest BCUT2D eigenvalue weighted by Crippen LogP contribution is 2.42. The molecule has 1 aliphatic rings. The van der Waals surface area contributed by atoms with Crippen LogP contribution >= 0.6 is 0 Å². The molecule has 1 saturated carbocycles. The van der Waals surface area contributed by atoms with E-state index in [0.717, 1.165) is 24.1 Å². The van der Waals surface area contributed by atoms with Gasteiger partial charge in [0, 0.05) is 0 Å². The highest BCUT2D eigenvalue weighted by molar-refractivity contribution is 5.30. The van der Waals surface area contributed by atoms with Crippen LogP contribution in [0.3, 0.4) is 0 Å². The Morgan fingerprint density at radius 1 is 1.27 bits per heavy atom. The Morgan fingerprint density at radius 3 is 2.47 bits per heavy atom. The highest BCUT2D eigenvalue weighted by Gasteiger charge is 2.31. The standard InChI is InChI=1S/C13H19NO/c1-14-9-11-5-8-13(11)10-3-6-12(15-2)7-4-10/h3-4,6-7,11,13-14H,5,8-9H2,1-2H3. The van der Waals surface area contributed by atoms with Crippen molar-refractivity contribution in [1.29, 1.82) is 0 Å². The van der Waals surface area contributed by atoms with E-state index in [-0.39, 0.29) is 0 Å². The number of rotatable bonds is 4. The summed E-state index contributed by atoms with van der Waals surface area (Å²) in [6, 6.07) is 8.52. The van der Waals surface area contributed by atoms with E-state index in [9.17, 15) is 0 Å². The molecule has 0 bridgehead atoms. The Morgan fingerprint density at radius 2 is 2.00 bits per heavy atom. The van der Waals surface area contributed by atoms with Crippen molar-refractivity contribution in [3.8, 4) is 5.75 Å². The Balaban J connectivity index is 2.03. The van der Waals surface area contributed by atoms with Gasteiger partial charge in [-0.2, -0.15) is 0 Å². The fourth-order valence-electron chi connectivity index (χ4n) is 2.37. The number of benzene rings is 1. The Bertz CT molecular complexity index is 307. The number of ether oxygens (including phenoxy) is 1. The van der Waals surface area contributed by atoms with Crippen molar-refractivity contribution in [3.05, 3.63) is 29.8 Å². The summed E-state index contributed by atoms with van der Waals surface area (Å²) >= 11 is 0. The van der Waals surface area contributed by atoms with E-state index in [1.807, 2.05) is 7.05 Å². The molecular weight excluding hydrogens is 186 g/mol. The molecule has 2 atom stereocenters. The average molecular weight is 205 g/mol. The molecule has 0 spiro atoms. The van der Waals surface area contributed by atoms with E-state index in [1.54, 1.807) is 7.11 Å². The van der Waals surface area contributed by atoms with Crippen LogP contribution in [0.1, 0.15) is 24.3 Å². The van der Waals surface area contributed by atoms with Gasteiger partial charge in [-0.25, -0.2) is 0 Å². The molecule has 0 saturated heterocycles. The second-order valence-corrected chi connectivity index (χ2v) is 4.27. The van der Waals surface area contributed by atoms with Gasteiger partial charge in [-0.3, -0.25) is 0 Å². The smallest absolute Gasteiger partial charge is 0.118 e. The zero-order chi connectivity index (χ0) is 10.7. The van der Waals surface area contributed by atoms with Gasteiger partial charge in [0.15, 0.2) is 0 Å². The van der Waals surface area contributed by atoms with Crippen molar-refractivity contribution in [2.45, 2.75) is 18.8 Å². The van der Waals surface area contributed by atoms with Gasteiger partial charge >= 0.3 is 0 Å². The van der Waals surface area contributed by atoms with E-state index >= 15 is 0 Å². The first-order valence-corrected chi connectivity index (χ1v) is 5.63. The second-order valence-electron chi connectivity index (χ2n) is 4.27. The number of methoxy groups -OCH3 is 1. The minimum atomic E-state index is 0.753. The van der Waals surface area contributed by atoms with Crippen LogP contribution in [0.5, 0.6) is 5.75 Å². The van der Waals surface area contributed by atoms with Gasteiger partial charge in [0.2, 0.25) is 0 Å². The molecule has 0 amide bonds. The largest absolute Gasteiger partial charge is 0.497 e. The molecule has 15 heavy (non-hydrogen) atoms. The zero-order valence-corrected chi connectivity index (χ0v) is 9.49. The maximum Gasteiger partial charge on any atom is 0.118 e. The van der Waals surface area contributed by atoms with E-state index in [1.165, 1.54) is 18.4 Å². The van der Waals surface area contributed by atoms with Crippen molar-refractivity contribution in [2.24, 2.45) is 5.92 Å². The predicted octanol–water partition coefficient (Wildman–Crippen LogP) is 2.41. The fraction of sp³-hybridized carbons (Fsp3) is 0.538. The quantitative estimate of drug-likeness (QED) is 0.815. The van der Waals surface area contributed by atoms with Crippen LogP contribution in [0, 0.1) is 5.92 Å². The molecule has 2 nitrogen and oxygen atoms in total. The minimum Gasteiger partial charge on any atom is -0.497 e. The minimum absolute atomic E-state index is 0.753. The Hall–Kier alpha value is -1.02. The lowest BCUT2D eigenvalue weighted by atomic mass is 9.70.